The average Bonchev–Trinajstić information content (AvgIpc) is 2.53. The monoisotopic (exact) mass is 285 g/mol. The van der Waals surface area contributed by atoms with Gasteiger partial charge in [-0.2, -0.15) is 0 Å². The van der Waals surface area contributed by atoms with E-state index >= 15 is 0 Å². The van der Waals surface area contributed by atoms with Crippen LogP contribution in [0.15, 0.2) is 36.4 Å². The fourth-order valence-corrected chi connectivity index (χ4v) is 2.14. The Hall–Kier alpha value is -2.14. The predicted octanol–water partition coefficient (Wildman–Crippen LogP) is 2.39. The van der Waals surface area contributed by atoms with Gasteiger partial charge in [-0.1, -0.05) is 37.3 Å². The van der Waals surface area contributed by atoms with Crippen LogP contribution in [-0.2, 0) is 12.8 Å². The molecule has 0 amide bonds. The minimum absolute atomic E-state index is 0.662. The number of aryl methyl sites for hydroxylation is 1. The number of hydrogen-bond donors (Lipinski definition) is 2. The summed E-state index contributed by atoms with van der Waals surface area (Å²) in [5, 5.41) is 0. The van der Waals surface area contributed by atoms with E-state index in [-0.39, 0.29) is 0 Å². The number of nitrogens with two attached hydrogens (primary N) is 1. The molecule has 1 aromatic heterocycles. The number of nitrogens with one attached hydrogen (secondary N) is 1. The van der Waals surface area contributed by atoms with Crippen molar-refractivity contribution in [3.8, 4) is 0 Å². The first-order valence-corrected chi connectivity index (χ1v) is 7.32. The topological polar surface area (TPSA) is 67.1 Å². The largest absolute Gasteiger partial charge is 0.359 e. The molecular formula is C16H23N5. The summed E-state index contributed by atoms with van der Waals surface area (Å²) in [6.45, 7) is 3.02. The number of aromatic nitrogens is 2. The van der Waals surface area contributed by atoms with Crippen LogP contribution >= 0.6 is 0 Å². The zero-order chi connectivity index (χ0) is 15.1. The number of nitrogen functional groups attached to an aromatic ring is 1. The second-order valence-corrected chi connectivity index (χ2v) is 5.08. The maximum Gasteiger partial charge on any atom is 0.145 e. The molecule has 0 aliphatic carbocycles. The lowest BCUT2D eigenvalue weighted by molar-refractivity contribution is 0.806. The average molecular weight is 285 g/mol. The molecule has 5 heteroatoms. The van der Waals surface area contributed by atoms with E-state index in [9.17, 15) is 0 Å². The van der Waals surface area contributed by atoms with Gasteiger partial charge in [0.05, 0.1) is 0 Å². The Morgan fingerprint density at radius 3 is 2.57 bits per heavy atom. The molecule has 0 unspecified atom stereocenters. The third kappa shape index (κ3) is 4.43. The van der Waals surface area contributed by atoms with E-state index in [0.29, 0.717) is 5.82 Å². The van der Waals surface area contributed by atoms with Crippen molar-refractivity contribution in [1.82, 2.24) is 9.97 Å². The Kier molecular flexibility index (Phi) is 5.51. The summed E-state index contributed by atoms with van der Waals surface area (Å²) in [6, 6.07) is 12.3. The molecule has 5 nitrogen and oxygen atoms in total. The third-order valence-corrected chi connectivity index (χ3v) is 3.35. The van der Waals surface area contributed by atoms with Crippen molar-refractivity contribution in [2.24, 2.45) is 5.84 Å². The van der Waals surface area contributed by atoms with Gasteiger partial charge in [0.15, 0.2) is 0 Å². The lowest BCUT2D eigenvalue weighted by atomic mass is 10.1. The molecule has 0 aliphatic rings. The van der Waals surface area contributed by atoms with Crippen LogP contribution in [0.2, 0.25) is 0 Å². The van der Waals surface area contributed by atoms with Crippen LogP contribution in [0.4, 0.5) is 11.6 Å². The molecule has 0 spiro atoms. The molecule has 0 saturated heterocycles. The van der Waals surface area contributed by atoms with Gasteiger partial charge < -0.3 is 10.3 Å². The quantitative estimate of drug-likeness (QED) is 0.604. The second-order valence-electron chi connectivity index (χ2n) is 5.08. The Balaban J connectivity index is 2.07. The van der Waals surface area contributed by atoms with Gasteiger partial charge in [-0.05, 0) is 18.4 Å². The first kappa shape index (κ1) is 15.3. The highest BCUT2D eigenvalue weighted by atomic mass is 15.3. The van der Waals surface area contributed by atoms with Gasteiger partial charge in [0.2, 0.25) is 0 Å². The molecule has 21 heavy (non-hydrogen) atoms. The summed E-state index contributed by atoms with van der Waals surface area (Å²) >= 11 is 0. The number of hydrazine groups is 1. The highest BCUT2D eigenvalue weighted by molar-refractivity contribution is 5.48. The maximum atomic E-state index is 5.49. The molecule has 0 atom stereocenters. The molecule has 1 aromatic carbocycles. The van der Waals surface area contributed by atoms with Crippen molar-refractivity contribution in [3.05, 3.63) is 47.8 Å². The second kappa shape index (κ2) is 7.59. The minimum Gasteiger partial charge on any atom is -0.359 e. The van der Waals surface area contributed by atoms with E-state index in [1.54, 1.807) is 0 Å². The number of hydrogen-bond acceptors (Lipinski definition) is 5. The Morgan fingerprint density at radius 1 is 1.14 bits per heavy atom. The molecule has 0 bridgehead atoms. The van der Waals surface area contributed by atoms with Gasteiger partial charge in [0.25, 0.3) is 0 Å². The summed E-state index contributed by atoms with van der Waals surface area (Å²) in [7, 11) is 2.04. The van der Waals surface area contributed by atoms with Gasteiger partial charge >= 0.3 is 0 Å². The fraction of sp³-hybridized carbons (Fsp3) is 0.375. The molecule has 112 valence electrons. The zero-order valence-electron chi connectivity index (χ0n) is 12.7. The third-order valence-electron chi connectivity index (χ3n) is 3.35. The lowest BCUT2D eigenvalue weighted by Gasteiger charge is -2.19. The summed E-state index contributed by atoms with van der Waals surface area (Å²) in [6.07, 6.45) is 2.85. The number of likely N-dealkylation sites (N-methyl/N-ethyl adjacent to an activating group) is 1. The van der Waals surface area contributed by atoms with Crippen LogP contribution in [0.1, 0.15) is 24.7 Å². The van der Waals surface area contributed by atoms with Crippen molar-refractivity contribution in [3.63, 3.8) is 0 Å². The van der Waals surface area contributed by atoms with Crippen molar-refractivity contribution >= 4 is 11.6 Å². The van der Waals surface area contributed by atoms with Crippen LogP contribution in [0, 0.1) is 0 Å². The van der Waals surface area contributed by atoms with E-state index in [1.807, 2.05) is 19.2 Å². The molecule has 0 aliphatic heterocycles. The van der Waals surface area contributed by atoms with Crippen LogP contribution in [-0.4, -0.2) is 23.6 Å². The SMILES string of the molecule is CCCc1nc(NN)cc(N(C)CCc2ccccc2)n1. The smallest absolute Gasteiger partial charge is 0.145 e. The zero-order valence-corrected chi connectivity index (χ0v) is 12.7. The Labute approximate surface area is 126 Å². The molecular weight excluding hydrogens is 262 g/mol. The molecule has 1 heterocycles. The summed E-state index contributed by atoms with van der Waals surface area (Å²) in [5.74, 6) is 7.88. The minimum atomic E-state index is 0.662. The van der Waals surface area contributed by atoms with Gasteiger partial charge in [-0.3, -0.25) is 0 Å². The van der Waals surface area contributed by atoms with E-state index in [0.717, 1.165) is 37.4 Å². The summed E-state index contributed by atoms with van der Waals surface area (Å²) < 4.78 is 0. The van der Waals surface area contributed by atoms with Crippen molar-refractivity contribution in [2.45, 2.75) is 26.2 Å². The van der Waals surface area contributed by atoms with Crippen LogP contribution in [0.25, 0.3) is 0 Å². The van der Waals surface area contributed by atoms with E-state index in [2.05, 4.69) is 51.5 Å². The summed E-state index contributed by atoms with van der Waals surface area (Å²) in [5.41, 5.74) is 3.94. The molecule has 0 radical (unpaired) electrons. The fourth-order valence-electron chi connectivity index (χ4n) is 2.14. The predicted molar refractivity (Wildman–Crippen MR) is 87.3 cm³/mol. The Morgan fingerprint density at radius 2 is 1.90 bits per heavy atom. The number of rotatable bonds is 7. The van der Waals surface area contributed by atoms with Crippen LogP contribution in [0.5, 0.6) is 0 Å². The molecule has 0 fully saturated rings. The Bertz CT molecular complexity index is 556. The first-order chi connectivity index (χ1) is 10.2. The van der Waals surface area contributed by atoms with Gasteiger partial charge in [0.1, 0.15) is 17.5 Å². The van der Waals surface area contributed by atoms with Crippen molar-refractivity contribution < 1.29 is 0 Å². The van der Waals surface area contributed by atoms with E-state index < -0.39 is 0 Å². The van der Waals surface area contributed by atoms with Gasteiger partial charge in [-0.25, -0.2) is 15.8 Å². The molecule has 0 saturated carbocycles. The first-order valence-electron chi connectivity index (χ1n) is 7.32. The summed E-state index contributed by atoms with van der Waals surface area (Å²) in [4.78, 5) is 11.1. The van der Waals surface area contributed by atoms with Gasteiger partial charge in [0, 0.05) is 26.1 Å². The standard InChI is InChI=1S/C16H23N5/c1-3-7-14-18-15(20-17)12-16(19-14)21(2)11-10-13-8-5-4-6-9-13/h4-6,8-9,12H,3,7,10-11,17H2,1-2H3,(H,18,19,20). The van der Waals surface area contributed by atoms with Crippen LogP contribution in [0.3, 0.4) is 0 Å². The number of nitrogens with zero attached hydrogens (tertiary/aromatic N) is 3. The maximum absolute atomic E-state index is 5.49. The van der Waals surface area contributed by atoms with E-state index in [4.69, 9.17) is 5.84 Å². The normalized spacial score (nSPS) is 10.4. The highest BCUT2D eigenvalue weighted by Crippen LogP contribution is 2.15. The van der Waals surface area contributed by atoms with Crippen molar-refractivity contribution in [1.29, 1.82) is 0 Å². The van der Waals surface area contributed by atoms with E-state index in [1.165, 1.54) is 5.56 Å². The number of benzene rings is 1. The van der Waals surface area contributed by atoms with Crippen LogP contribution < -0.4 is 16.2 Å². The van der Waals surface area contributed by atoms with Gasteiger partial charge in [-0.15, -0.1) is 0 Å². The molecule has 2 rings (SSSR count). The van der Waals surface area contributed by atoms with Crippen molar-refractivity contribution in [2.75, 3.05) is 23.9 Å². The number of anilines is 2. The molecule has 3 N–H and O–H groups in total. The molecule has 2 aromatic rings. The highest BCUT2D eigenvalue weighted by Gasteiger charge is 2.08. The lowest BCUT2D eigenvalue weighted by Crippen LogP contribution is -2.23.